The molecule has 0 unspecified atom stereocenters. The van der Waals surface area contributed by atoms with Crippen molar-refractivity contribution in [2.75, 3.05) is 5.32 Å². The first-order chi connectivity index (χ1) is 9.90. The molecule has 112 valence electrons. The van der Waals surface area contributed by atoms with Crippen LogP contribution in [-0.2, 0) is 16.1 Å². The van der Waals surface area contributed by atoms with Crippen molar-refractivity contribution in [2.24, 2.45) is 0 Å². The van der Waals surface area contributed by atoms with Gasteiger partial charge in [-0.3, -0.25) is 4.79 Å². The Kier molecular flexibility index (Phi) is 4.92. The van der Waals surface area contributed by atoms with E-state index in [0.29, 0.717) is 20.6 Å². The Labute approximate surface area is 134 Å². The van der Waals surface area contributed by atoms with Gasteiger partial charge in [-0.15, -0.1) is 16.4 Å². The number of nitrogens with zero attached hydrogens (tertiary/aromatic N) is 2. The molecule has 1 amide bonds. The van der Waals surface area contributed by atoms with Gasteiger partial charge in [-0.25, -0.2) is 4.79 Å². The summed E-state index contributed by atoms with van der Waals surface area (Å²) in [5.41, 5.74) is 1.57. The number of carbonyl (C=O) groups excluding carboxylic acids is 2. The third-order valence-electron chi connectivity index (χ3n) is 2.73. The van der Waals surface area contributed by atoms with Gasteiger partial charge in [0.25, 0.3) is 0 Å². The number of aryl methyl sites for hydroxylation is 1. The number of ether oxygens (including phenoxy) is 1. The molecule has 0 fully saturated rings. The van der Waals surface area contributed by atoms with Crippen molar-refractivity contribution in [3.63, 3.8) is 0 Å². The van der Waals surface area contributed by atoms with Gasteiger partial charge in [0.1, 0.15) is 21.6 Å². The van der Waals surface area contributed by atoms with E-state index in [1.165, 1.54) is 18.3 Å². The normalized spacial score (nSPS) is 10.5. The minimum absolute atomic E-state index is 0.0536. The van der Waals surface area contributed by atoms with Crippen molar-refractivity contribution in [2.45, 2.75) is 27.4 Å². The summed E-state index contributed by atoms with van der Waals surface area (Å²) in [4.78, 5) is 24.4. The molecule has 0 saturated carbocycles. The van der Waals surface area contributed by atoms with E-state index in [0.717, 1.165) is 22.0 Å². The average molecular weight is 346 g/mol. The van der Waals surface area contributed by atoms with Crippen LogP contribution in [0.25, 0.3) is 0 Å². The van der Waals surface area contributed by atoms with Crippen LogP contribution < -0.4 is 5.32 Å². The monoisotopic (exact) mass is 345 g/mol. The Morgan fingerprint density at radius 3 is 2.67 bits per heavy atom. The summed E-state index contributed by atoms with van der Waals surface area (Å²) in [7, 11) is 0. The van der Waals surface area contributed by atoms with E-state index in [2.05, 4.69) is 14.9 Å². The molecular weight excluding hydrogens is 334 g/mol. The number of aromatic nitrogens is 2. The van der Waals surface area contributed by atoms with Crippen molar-refractivity contribution < 1.29 is 14.3 Å². The molecule has 0 radical (unpaired) electrons. The molecule has 0 bridgehead atoms. The van der Waals surface area contributed by atoms with Crippen molar-refractivity contribution >= 4 is 51.3 Å². The van der Waals surface area contributed by atoms with E-state index in [4.69, 9.17) is 16.3 Å². The SMILES string of the molecule is CC(=O)Nc1sc(C)c(C)c1C(=O)OCc1nnsc1Cl. The van der Waals surface area contributed by atoms with Gasteiger partial charge in [0, 0.05) is 23.3 Å². The lowest BCUT2D eigenvalue weighted by atomic mass is 10.1. The third-order valence-corrected chi connectivity index (χ3v) is 4.84. The van der Waals surface area contributed by atoms with E-state index < -0.39 is 5.97 Å². The first-order valence-corrected chi connectivity index (χ1v) is 7.88. The number of nitrogens with one attached hydrogen (secondary N) is 1. The highest BCUT2D eigenvalue weighted by molar-refractivity contribution is 7.16. The number of carbonyl (C=O) groups is 2. The summed E-state index contributed by atoms with van der Waals surface area (Å²) >= 11 is 8.22. The Balaban J connectivity index is 2.18. The largest absolute Gasteiger partial charge is 0.455 e. The van der Waals surface area contributed by atoms with Crippen molar-refractivity contribution in [3.05, 3.63) is 26.0 Å². The number of amides is 1. The first kappa shape index (κ1) is 15.9. The van der Waals surface area contributed by atoms with E-state index in [1.807, 2.05) is 13.8 Å². The van der Waals surface area contributed by atoms with Crippen LogP contribution in [0, 0.1) is 13.8 Å². The minimum atomic E-state index is -0.523. The van der Waals surface area contributed by atoms with Crippen LogP contribution in [0.2, 0.25) is 4.34 Å². The third kappa shape index (κ3) is 3.58. The molecule has 2 rings (SSSR count). The van der Waals surface area contributed by atoms with Crippen molar-refractivity contribution in [1.82, 2.24) is 9.59 Å². The Bertz CT molecular complexity index is 696. The average Bonchev–Trinajstić information content (AvgIpc) is 2.91. The summed E-state index contributed by atoms with van der Waals surface area (Å²) in [6.45, 7) is 5.02. The number of thiophene rings is 1. The maximum absolute atomic E-state index is 12.2. The predicted molar refractivity (Wildman–Crippen MR) is 82.1 cm³/mol. The van der Waals surface area contributed by atoms with Gasteiger partial charge < -0.3 is 10.1 Å². The molecule has 0 aliphatic rings. The maximum atomic E-state index is 12.2. The molecule has 2 heterocycles. The van der Waals surface area contributed by atoms with E-state index in [9.17, 15) is 9.59 Å². The first-order valence-electron chi connectivity index (χ1n) is 5.91. The summed E-state index contributed by atoms with van der Waals surface area (Å²) < 4.78 is 9.26. The minimum Gasteiger partial charge on any atom is -0.455 e. The zero-order chi connectivity index (χ0) is 15.6. The second-order valence-electron chi connectivity index (χ2n) is 4.24. The summed E-state index contributed by atoms with van der Waals surface area (Å²) in [5, 5.41) is 6.91. The smallest absolute Gasteiger partial charge is 0.341 e. The second-order valence-corrected chi connectivity index (χ2v) is 6.82. The number of rotatable bonds is 4. The second kappa shape index (κ2) is 6.50. The van der Waals surface area contributed by atoms with Crippen LogP contribution in [0.1, 0.15) is 33.4 Å². The Morgan fingerprint density at radius 1 is 1.38 bits per heavy atom. The fourth-order valence-corrected chi connectivity index (χ4v) is 3.31. The van der Waals surface area contributed by atoms with E-state index in [1.54, 1.807) is 0 Å². The molecule has 21 heavy (non-hydrogen) atoms. The number of hydrogen-bond acceptors (Lipinski definition) is 7. The molecule has 2 aromatic heterocycles. The lowest BCUT2D eigenvalue weighted by Crippen LogP contribution is -2.12. The lowest BCUT2D eigenvalue weighted by molar-refractivity contribution is -0.114. The highest BCUT2D eigenvalue weighted by Crippen LogP contribution is 2.33. The fraction of sp³-hybridized carbons (Fsp3) is 0.333. The Morgan fingerprint density at radius 2 is 2.10 bits per heavy atom. The number of esters is 1. The van der Waals surface area contributed by atoms with Crippen LogP contribution in [0.15, 0.2) is 0 Å². The number of hydrogen-bond donors (Lipinski definition) is 1. The van der Waals surface area contributed by atoms with Gasteiger partial charge in [-0.1, -0.05) is 16.1 Å². The molecule has 6 nitrogen and oxygen atoms in total. The van der Waals surface area contributed by atoms with Gasteiger partial charge in [-0.05, 0) is 19.4 Å². The predicted octanol–water partition coefficient (Wildman–Crippen LogP) is 3.19. The van der Waals surface area contributed by atoms with Gasteiger partial charge in [-0.2, -0.15) is 0 Å². The molecule has 0 atom stereocenters. The highest BCUT2D eigenvalue weighted by Gasteiger charge is 2.22. The quantitative estimate of drug-likeness (QED) is 0.860. The molecule has 0 aliphatic carbocycles. The molecule has 0 saturated heterocycles. The van der Waals surface area contributed by atoms with E-state index in [-0.39, 0.29) is 12.5 Å². The lowest BCUT2D eigenvalue weighted by Gasteiger charge is -2.06. The van der Waals surface area contributed by atoms with Crippen LogP contribution in [0.5, 0.6) is 0 Å². The van der Waals surface area contributed by atoms with Gasteiger partial charge >= 0.3 is 5.97 Å². The molecule has 0 spiro atoms. The van der Waals surface area contributed by atoms with Crippen molar-refractivity contribution in [1.29, 1.82) is 0 Å². The van der Waals surface area contributed by atoms with Gasteiger partial charge in [0.2, 0.25) is 5.91 Å². The molecule has 0 aliphatic heterocycles. The number of halogens is 1. The highest BCUT2D eigenvalue weighted by atomic mass is 35.5. The number of anilines is 1. The van der Waals surface area contributed by atoms with Crippen LogP contribution in [-0.4, -0.2) is 21.5 Å². The summed E-state index contributed by atoms with van der Waals surface area (Å²) in [5.74, 6) is -0.762. The molecular formula is C12H12ClN3O3S2. The van der Waals surface area contributed by atoms with Crippen LogP contribution >= 0.6 is 34.5 Å². The standard InChI is InChI=1S/C12H12ClN3O3S2/c1-5-6(2)20-11(14-7(3)17)9(5)12(18)19-4-8-10(13)21-16-15-8/h4H2,1-3H3,(H,14,17). The van der Waals surface area contributed by atoms with Crippen LogP contribution in [0.4, 0.5) is 5.00 Å². The van der Waals surface area contributed by atoms with Crippen LogP contribution in [0.3, 0.4) is 0 Å². The molecule has 0 aromatic carbocycles. The molecule has 1 N–H and O–H groups in total. The van der Waals surface area contributed by atoms with Crippen molar-refractivity contribution in [3.8, 4) is 0 Å². The van der Waals surface area contributed by atoms with Gasteiger partial charge in [0.05, 0.1) is 5.56 Å². The maximum Gasteiger partial charge on any atom is 0.341 e. The zero-order valence-electron chi connectivity index (χ0n) is 11.5. The fourth-order valence-electron chi connectivity index (χ4n) is 1.61. The Hall–Kier alpha value is -1.51. The summed E-state index contributed by atoms with van der Waals surface area (Å²) in [6, 6.07) is 0. The zero-order valence-corrected chi connectivity index (χ0v) is 13.9. The molecule has 2 aromatic rings. The topological polar surface area (TPSA) is 81.2 Å². The molecule has 9 heteroatoms. The van der Waals surface area contributed by atoms with Gasteiger partial charge in [0.15, 0.2) is 0 Å². The van der Waals surface area contributed by atoms with E-state index >= 15 is 0 Å². The summed E-state index contributed by atoms with van der Waals surface area (Å²) in [6.07, 6.45) is 0.